The molecule has 0 radical (unpaired) electrons. The lowest BCUT2D eigenvalue weighted by molar-refractivity contribution is -0.0459. The number of pyridine rings is 1. The maximum atomic E-state index is 12.6. The molecule has 1 amide bonds. The number of aromatic nitrogens is 3. The third kappa shape index (κ3) is 3.00. The number of aromatic amines is 1. The van der Waals surface area contributed by atoms with Gasteiger partial charge in [-0.2, -0.15) is 0 Å². The molecule has 1 saturated heterocycles. The van der Waals surface area contributed by atoms with Gasteiger partial charge in [0.1, 0.15) is 0 Å². The normalized spacial score (nSPS) is 23.9. The SMILES string of the molecule is C[C@@]1(O)CCN(C(=O)c2cccnc2)C[C@H]1n1ccc(=O)[nH]c1=O. The summed E-state index contributed by atoms with van der Waals surface area (Å²) in [5.74, 6) is -0.207. The average molecular weight is 330 g/mol. The number of aliphatic hydroxyl groups is 1. The van der Waals surface area contributed by atoms with Crippen molar-refractivity contribution in [1.82, 2.24) is 19.4 Å². The van der Waals surface area contributed by atoms with E-state index in [-0.39, 0.29) is 12.5 Å². The Hall–Kier alpha value is -2.74. The van der Waals surface area contributed by atoms with Crippen molar-refractivity contribution in [1.29, 1.82) is 0 Å². The molecule has 126 valence electrons. The fourth-order valence-corrected chi connectivity index (χ4v) is 2.94. The Morgan fingerprint density at radius 2 is 2.21 bits per heavy atom. The van der Waals surface area contributed by atoms with Crippen LogP contribution in [0, 0.1) is 0 Å². The number of hydrogen-bond donors (Lipinski definition) is 2. The third-order valence-corrected chi connectivity index (χ3v) is 4.38. The number of likely N-dealkylation sites (tertiary alicyclic amines) is 1. The molecule has 0 bridgehead atoms. The van der Waals surface area contributed by atoms with Gasteiger partial charge in [-0.05, 0) is 25.5 Å². The molecule has 1 aliphatic rings. The lowest BCUT2D eigenvalue weighted by Crippen LogP contribution is -2.54. The number of nitrogens with one attached hydrogen (secondary N) is 1. The highest BCUT2D eigenvalue weighted by Crippen LogP contribution is 2.31. The summed E-state index contributed by atoms with van der Waals surface area (Å²) in [7, 11) is 0. The molecule has 0 spiro atoms. The van der Waals surface area contributed by atoms with Crippen molar-refractivity contribution in [3.63, 3.8) is 0 Å². The van der Waals surface area contributed by atoms with Gasteiger partial charge in [-0.15, -0.1) is 0 Å². The number of nitrogens with zero attached hydrogens (tertiary/aromatic N) is 3. The fraction of sp³-hybridized carbons (Fsp3) is 0.375. The van der Waals surface area contributed by atoms with Gasteiger partial charge in [-0.25, -0.2) is 4.79 Å². The van der Waals surface area contributed by atoms with E-state index >= 15 is 0 Å². The van der Waals surface area contributed by atoms with E-state index in [1.807, 2.05) is 0 Å². The molecule has 0 aliphatic carbocycles. The van der Waals surface area contributed by atoms with Crippen molar-refractivity contribution in [2.24, 2.45) is 0 Å². The number of piperidine rings is 1. The summed E-state index contributed by atoms with van der Waals surface area (Å²) in [6.07, 6.45) is 4.73. The van der Waals surface area contributed by atoms with Crippen LogP contribution in [-0.2, 0) is 0 Å². The van der Waals surface area contributed by atoms with E-state index in [1.54, 1.807) is 30.2 Å². The first kappa shape index (κ1) is 16.1. The summed E-state index contributed by atoms with van der Waals surface area (Å²) in [5, 5.41) is 10.6. The summed E-state index contributed by atoms with van der Waals surface area (Å²) in [4.78, 5) is 43.6. The molecular weight excluding hydrogens is 312 g/mol. The number of carbonyl (C=O) groups excluding carboxylic acids is 1. The zero-order valence-corrected chi connectivity index (χ0v) is 13.2. The Labute approximate surface area is 137 Å². The number of H-pyrrole nitrogens is 1. The predicted molar refractivity (Wildman–Crippen MR) is 85.7 cm³/mol. The minimum Gasteiger partial charge on any atom is -0.388 e. The molecular formula is C16H18N4O4. The lowest BCUT2D eigenvalue weighted by Gasteiger charge is -2.43. The summed E-state index contributed by atoms with van der Waals surface area (Å²) in [5.41, 5.74) is -1.83. The van der Waals surface area contributed by atoms with E-state index in [0.717, 1.165) is 0 Å². The van der Waals surface area contributed by atoms with Gasteiger partial charge in [0.05, 0.1) is 17.2 Å². The van der Waals surface area contributed by atoms with Crippen LogP contribution in [0.4, 0.5) is 0 Å². The van der Waals surface area contributed by atoms with E-state index in [4.69, 9.17) is 0 Å². The maximum absolute atomic E-state index is 12.6. The highest BCUT2D eigenvalue weighted by molar-refractivity contribution is 5.94. The fourth-order valence-electron chi connectivity index (χ4n) is 2.94. The summed E-state index contributed by atoms with van der Waals surface area (Å²) < 4.78 is 1.27. The zero-order valence-electron chi connectivity index (χ0n) is 13.2. The second-order valence-corrected chi connectivity index (χ2v) is 6.13. The molecule has 3 rings (SSSR count). The van der Waals surface area contributed by atoms with Gasteiger partial charge >= 0.3 is 5.69 Å². The minimum atomic E-state index is -1.17. The van der Waals surface area contributed by atoms with Crippen LogP contribution in [0.3, 0.4) is 0 Å². The molecule has 1 fully saturated rings. The van der Waals surface area contributed by atoms with Crippen LogP contribution in [0.5, 0.6) is 0 Å². The number of carbonyl (C=O) groups is 1. The summed E-state index contributed by atoms with van der Waals surface area (Å²) >= 11 is 0. The molecule has 2 atom stereocenters. The van der Waals surface area contributed by atoms with Gasteiger partial charge in [0.15, 0.2) is 0 Å². The van der Waals surface area contributed by atoms with E-state index in [2.05, 4.69) is 9.97 Å². The van der Waals surface area contributed by atoms with Crippen molar-refractivity contribution < 1.29 is 9.90 Å². The first-order valence-corrected chi connectivity index (χ1v) is 7.61. The molecule has 2 aromatic rings. The largest absolute Gasteiger partial charge is 0.388 e. The number of amides is 1. The van der Waals surface area contributed by atoms with Crippen LogP contribution in [0.15, 0.2) is 46.4 Å². The number of hydrogen-bond acceptors (Lipinski definition) is 5. The first-order chi connectivity index (χ1) is 11.4. The quantitative estimate of drug-likeness (QED) is 0.791. The molecule has 2 aromatic heterocycles. The van der Waals surface area contributed by atoms with Crippen molar-refractivity contribution in [3.05, 3.63) is 63.2 Å². The van der Waals surface area contributed by atoms with E-state index in [9.17, 15) is 19.5 Å². The second-order valence-electron chi connectivity index (χ2n) is 6.13. The molecule has 0 saturated carbocycles. The Balaban J connectivity index is 1.92. The van der Waals surface area contributed by atoms with E-state index in [1.165, 1.54) is 23.0 Å². The maximum Gasteiger partial charge on any atom is 0.328 e. The van der Waals surface area contributed by atoms with Crippen LogP contribution < -0.4 is 11.2 Å². The Bertz CT molecular complexity index is 856. The molecule has 2 N–H and O–H groups in total. The van der Waals surface area contributed by atoms with Gasteiger partial charge in [0.25, 0.3) is 11.5 Å². The van der Waals surface area contributed by atoms with Crippen LogP contribution in [0.25, 0.3) is 0 Å². The standard InChI is InChI=1S/C16H18N4O4/c1-16(24)5-8-19(14(22)11-3-2-6-17-9-11)10-12(16)20-7-4-13(21)18-15(20)23/h2-4,6-7,9,12,24H,5,8,10H2,1H3,(H,18,21,23)/t12-,16-/m1/s1. The average Bonchev–Trinajstić information content (AvgIpc) is 2.56. The van der Waals surface area contributed by atoms with Gasteiger partial charge in [-0.3, -0.25) is 24.1 Å². The lowest BCUT2D eigenvalue weighted by atomic mass is 9.88. The van der Waals surface area contributed by atoms with Gasteiger partial charge < -0.3 is 10.0 Å². The zero-order chi connectivity index (χ0) is 17.3. The Kier molecular flexibility index (Phi) is 4.06. The summed E-state index contributed by atoms with van der Waals surface area (Å²) in [6.45, 7) is 2.16. The topological polar surface area (TPSA) is 108 Å². The molecule has 0 aromatic carbocycles. The van der Waals surface area contributed by atoms with E-state index < -0.39 is 22.9 Å². The van der Waals surface area contributed by atoms with Crippen LogP contribution in [0.1, 0.15) is 29.7 Å². The highest BCUT2D eigenvalue weighted by Gasteiger charge is 2.40. The molecule has 8 nitrogen and oxygen atoms in total. The van der Waals surface area contributed by atoms with Gasteiger partial charge in [0, 0.05) is 37.7 Å². The predicted octanol–water partition coefficient (Wildman–Crippen LogP) is -0.230. The molecule has 1 aliphatic heterocycles. The van der Waals surface area contributed by atoms with Crippen LogP contribution in [-0.4, -0.2) is 49.1 Å². The summed E-state index contributed by atoms with van der Waals surface area (Å²) in [6, 6.07) is 3.91. The van der Waals surface area contributed by atoms with Crippen molar-refractivity contribution in [2.45, 2.75) is 25.0 Å². The van der Waals surface area contributed by atoms with Gasteiger partial charge in [0.2, 0.25) is 0 Å². The molecule has 3 heterocycles. The Morgan fingerprint density at radius 3 is 2.88 bits per heavy atom. The highest BCUT2D eigenvalue weighted by atomic mass is 16.3. The smallest absolute Gasteiger partial charge is 0.328 e. The molecule has 8 heteroatoms. The van der Waals surface area contributed by atoms with Crippen molar-refractivity contribution in [2.75, 3.05) is 13.1 Å². The monoisotopic (exact) mass is 330 g/mol. The van der Waals surface area contributed by atoms with Gasteiger partial charge in [-0.1, -0.05) is 0 Å². The van der Waals surface area contributed by atoms with Crippen LogP contribution >= 0.6 is 0 Å². The van der Waals surface area contributed by atoms with E-state index in [0.29, 0.717) is 18.5 Å². The Morgan fingerprint density at radius 1 is 1.42 bits per heavy atom. The molecule has 0 unspecified atom stereocenters. The third-order valence-electron chi connectivity index (χ3n) is 4.38. The minimum absolute atomic E-state index is 0.159. The van der Waals surface area contributed by atoms with Crippen molar-refractivity contribution >= 4 is 5.91 Å². The van der Waals surface area contributed by atoms with Crippen molar-refractivity contribution in [3.8, 4) is 0 Å². The number of rotatable bonds is 2. The molecule has 24 heavy (non-hydrogen) atoms. The second kappa shape index (κ2) is 6.04. The van der Waals surface area contributed by atoms with Crippen LogP contribution in [0.2, 0.25) is 0 Å². The first-order valence-electron chi connectivity index (χ1n) is 7.61.